The number of benzene rings is 1. The van der Waals surface area contributed by atoms with Crippen LogP contribution in [0.1, 0.15) is 18.9 Å². The van der Waals surface area contributed by atoms with Crippen LogP contribution in [0.25, 0.3) is 0 Å². The molecule has 92 valence electrons. The first-order valence-corrected chi connectivity index (χ1v) is 5.62. The summed E-state index contributed by atoms with van der Waals surface area (Å²) < 4.78 is 24.5. The minimum absolute atomic E-state index is 0.173. The average Bonchev–Trinajstić information content (AvgIpc) is 3.03. The molecule has 0 spiro atoms. The van der Waals surface area contributed by atoms with Gasteiger partial charge in [0.05, 0.1) is 19.6 Å². The molecule has 1 fully saturated rings. The van der Waals surface area contributed by atoms with Crippen LogP contribution in [0.3, 0.4) is 0 Å². The second kappa shape index (κ2) is 4.35. The maximum Gasteiger partial charge on any atom is 0.312 e. The number of esters is 1. The quantitative estimate of drug-likeness (QED) is 0.756. The summed E-state index contributed by atoms with van der Waals surface area (Å²) in [4.78, 5) is 11.5. The number of hydrogen-bond donors (Lipinski definition) is 0. The van der Waals surface area contributed by atoms with E-state index in [-0.39, 0.29) is 13.0 Å². The Morgan fingerprint density at radius 1 is 1.53 bits per heavy atom. The lowest BCUT2D eigenvalue weighted by molar-refractivity contribution is -0.145. The van der Waals surface area contributed by atoms with Crippen molar-refractivity contribution in [3.63, 3.8) is 0 Å². The van der Waals surface area contributed by atoms with Gasteiger partial charge in [0.2, 0.25) is 0 Å². The predicted octanol–water partition coefficient (Wildman–Crippen LogP) is 2.44. The maximum atomic E-state index is 14.5. The molecule has 0 aliphatic heterocycles. The summed E-state index contributed by atoms with van der Waals surface area (Å²) in [5, 5.41) is 0. The molecular formula is C13H15FO3. The molecule has 2 unspecified atom stereocenters. The van der Waals surface area contributed by atoms with Crippen LogP contribution >= 0.6 is 0 Å². The molecular weight excluding hydrogens is 223 g/mol. The number of ether oxygens (including phenoxy) is 2. The maximum absolute atomic E-state index is 14.5. The Hall–Kier alpha value is -1.58. The van der Waals surface area contributed by atoms with Gasteiger partial charge >= 0.3 is 5.97 Å². The van der Waals surface area contributed by atoms with E-state index in [1.54, 1.807) is 31.2 Å². The predicted molar refractivity (Wildman–Crippen MR) is 60.5 cm³/mol. The highest BCUT2D eigenvalue weighted by Gasteiger charge is 2.62. The molecule has 17 heavy (non-hydrogen) atoms. The smallest absolute Gasteiger partial charge is 0.312 e. The molecule has 0 N–H and O–H groups in total. The molecule has 3 nitrogen and oxygen atoms in total. The number of hydrogen-bond acceptors (Lipinski definition) is 3. The third kappa shape index (κ3) is 1.99. The van der Waals surface area contributed by atoms with E-state index in [0.29, 0.717) is 11.3 Å². The average molecular weight is 238 g/mol. The molecule has 4 heteroatoms. The summed E-state index contributed by atoms with van der Waals surface area (Å²) >= 11 is 0. The van der Waals surface area contributed by atoms with Crippen molar-refractivity contribution in [2.45, 2.75) is 19.0 Å². The van der Waals surface area contributed by atoms with E-state index in [2.05, 4.69) is 0 Å². The first-order valence-electron chi connectivity index (χ1n) is 5.62. The summed E-state index contributed by atoms with van der Waals surface area (Å²) in [5.41, 5.74) is -1.20. The highest BCUT2D eigenvalue weighted by Crippen LogP contribution is 2.58. The lowest BCUT2D eigenvalue weighted by Gasteiger charge is -2.12. The van der Waals surface area contributed by atoms with Gasteiger partial charge in [-0.3, -0.25) is 4.79 Å². The van der Waals surface area contributed by atoms with Crippen molar-refractivity contribution in [2.24, 2.45) is 5.92 Å². The molecule has 0 radical (unpaired) electrons. The number of para-hydroxylation sites is 1. The summed E-state index contributed by atoms with van der Waals surface area (Å²) in [6.45, 7) is 1.99. The number of carbonyl (C=O) groups excluding carboxylic acids is 1. The van der Waals surface area contributed by atoms with Gasteiger partial charge in [0.25, 0.3) is 0 Å². The summed E-state index contributed by atoms with van der Waals surface area (Å²) in [5.74, 6) is -0.693. The standard InChI is InChI=1S/C13H15FO3/c1-3-17-12(15)10-8-13(10,14)9-6-4-5-7-11(9)16-2/h4-7,10H,3,8H2,1-2H3. The summed E-state index contributed by atoms with van der Waals surface area (Å²) in [6.07, 6.45) is 0.173. The van der Waals surface area contributed by atoms with E-state index in [1.807, 2.05) is 0 Å². The summed E-state index contributed by atoms with van der Waals surface area (Å²) in [7, 11) is 1.49. The van der Waals surface area contributed by atoms with E-state index >= 15 is 0 Å². The number of carbonyl (C=O) groups is 1. The van der Waals surface area contributed by atoms with Gasteiger partial charge in [0.1, 0.15) is 5.75 Å². The molecule has 1 aromatic carbocycles. The Kier molecular flexibility index (Phi) is 3.05. The minimum atomic E-state index is -1.63. The lowest BCUT2D eigenvalue weighted by atomic mass is 10.1. The molecule has 1 aromatic rings. The van der Waals surface area contributed by atoms with Crippen LogP contribution in [0.2, 0.25) is 0 Å². The Morgan fingerprint density at radius 3 is 2.88 bits per heavy atom. The summed E-state index contributed by atoms with van der Waals surface area (Å²) in [6, 6.07) is 6.85. The highest BCUT2D eigenvalue weighted by atomic mass is 19.1. The molecule has 0 aromatic heterocycles. The molecule has 0 saturated heterocycles. The molecule has 2 rings (SSSR count). The zero-order chi connectivity index (χ0) is 12.5. The van der Waals surface area contributed by atoms with Crippen LogP contribution in [-0.4, -0.2) is 19.7 Å². The first-order chi connectivity index (χ1) is 8.13. The van der Waals surface area contributed by atoms with E-state index < -0.39 is 17.6 Å². The van der Waals surface area contributed by atoms with Crippen LogP contribution < -0.4 is 4.74 Å². The third-order valence-electron chi connectivity index (χ3n) is 3.02. The number of rotatable bonds is 4. The van der Waals surface area contributed by atoms with Crippen LogP contribution in [0, 0.1) is 5.92 Å². The van der Waals surface area contributed by atoms with Gasteiger partial charge in [-0.05, 0) is 13.0 Å². The van der Waals surface area contributed by atoms with Gasteiger partial charge in [-0.2, -0.15) is 0 Å². The highest BCUT2D eigenvalue weighted by molar-refractivity contribution is 5.78. The van der Waals surface area contributed by atoms with Crippen molar-refractivity contribution in [3.8, 4) is 5.75 Å². The topological polar surface area (TPSA) is 35.5 Å². The fraction of sp³-hybridized carbons (Fsp3) is 0.462. The lowest BCUT2D eigenvalue weighted by Crippen LogP contribution is -2.14. The van der Waals surface area contributed by atoms with Gasteiger partial charge in [0, 0.05) is 12.0 Å². The second-order valence-corrected chi connectivity index (χ2v) is 4.07. The monoisotopic (exact) mass is 238 g/mol. The SMILES string of the molecule is CCOC(=O)C1CC1(F)c1ccccc1OC. The van der Waals surface area contributed by atoms with Crippen LogP contribution in [0.4, 0.5) is 4.39 Å². The molecule has 1 aliphatic rings. The molecule has 0 heterocycles. The number of halogens is 1. The second-order valence-electron chi connectivity index (χ2n) is 4.07. The van der Waals surface area contributed by atoms with Gasteiger partial charge in [-0.25, -0.2) is 4.39 Å². The fourth-order valence-corrected chi connectivity index (χ4v) is 2.04. The zero-order valence-electron chi connectivity index (χ0n) is 9.90. The Morgan fingerprint density at radius 2 is 2.24 bits per heavy atom. The molecule has 2 atom stereocenters. The van der Waals surface area contributed by atoms with Gasteiger partial charge < -0.3 is 9.47 Å². The molecule has 1 aliphatic carbocycles. The Balaban J connectivity index is 2.21. The molecule has 1 saturated carbocycles. The van der Waals surface area contributed by atoms with Crippen molar-refractivity contribution >= 4 is 5.97 Å². The first kappa shape index (κ1) is 11.9. The van der Waals surface area contributed by atoms with Crippen molar-refractivity contribution in [1.29, 1.82) is 0 Å². The van der Waals surface area contributed by atoms with E-state index in [1.165, 1.54) is 7.11 Å². The normalized spacial score (nSPS) is 26.4. The number of methoxy groups -OCH3 is 1. The minimum Gasteiger partial charge on any atom is -0.496 e. The van der Waals surface area contributed by atoms with E-state index in [0.717, 1.165) is 0 Å². The van der Waals surface area contributed by atoms with Crippen LogP contribution in [0.5, 0.6) is 5.75 Å². The van der Waals surface area contributed by atoms with Crippen molar-refractivity contribution in [3.05, 3.63) is 29.8 Å². The van der Waals surface area contributed by atoms with Crippen LogP contribution in [0.15, 0.2) is 24.3 Å². The van der Waals surface area contributed by atoms with E-state index in [9.17, 15) is 9.18 Å². The fourth-order valence-electron chi connectivity index (χ4n) is 2.04. The van der Waals surface area contributed by atoms with Crippen LogP contribution in [-0.2, 0) is 15.2 Å². The number of alkyl halides is 1. The largest absolute Gasteiger partial charge is 0.496 e. The van der Waals surface area contributed by atoms with Gasteiger partial charge in [0.15, 0.2) is 5.67 Å². The Bertz CT molecular complexity index is 432. The molecule has 0 bridgehead atoms. The van der Waals surface area contributed by atoms with Gasteiger partial charge in [-0.15, -0.1) is 0 Å². The van der Waals surface area contributed by atoms with Crippen molar-refractivity contribution < 1.29 is 18.7 Å². The third-order valence-corrected chi connectivity index (χ3v) is 3.02. The van der Waals surface area contributed by atoms with Crippen molar-refractivity contribution in [2.75, 3.05) is 13.7 Å². The molecule has 0 amide bonds. The van der Waals surface area contributed by atoms with E-state index in [4.69, 9.17) is 9.47 Å². The van der Waals surface area contributed by atoms with Gasteiger partial charge in [-0.1, -0.05) is 18.2 Å². The zero-order valence-corrected chi connectivity index (χ0v) is 9.90. The Labute approximate surface area is 99.5 Å². The van der Waals surface area contributed by atoms with Crippen molar-refractivity contribution in [1.82, 2.24) is 0 Å².